The maximum Gasteiger partial charge on any atom is 0.243 e. The first-order chi connectivity index (χ1) is 13.0. The molecule has 2 heterocycles. The van der Waals surface area contributed by atoms with Gasteiger partial charge < -0.3 is 10.2 Å². The van der Waals surface area contributed by atoms with Gasteiger partial charge in [0, 0.05) is 17.3 Å². The number of likely N-dealkylation sites (tertiary alicyclic amines) is 1. The summed E-state index contributed by atoms with van der Waals surface area (Å²) in [5.41, 5.74) is 4.18. The van der Waals surface area contributed by atoms with E-state index in [1.807, 2.05) is 5.51 Å². The van der Waals surface area contributed by atoms with Gasteiger partial charge in [0.05, 0.1) is 17.2 Å². The predicted octanol–water partition coefficient (Wildman–Crippen LogP) is 3.57. The van der Waals surface area contributed by atoms with Crippen LogP contribution in [0, 0.1) is 12.8 Å². The van der Waals surface area contributed by atoms with Crippen molar-refractivity contribution in [2.75, 3.05) is 6.54 Å². The van der Waals surface area contributed by atoms with Gasteiger partial charge in [0.2, 0.25) is 12.3 Å². The Morgan fingerprint density at radius 2 is 2.30 bits per heavy atom. The lowest BCUT2D eigenvalue weighted by Gasteiger charge is -2.28. The van der Waals surface area contributed by atoms with E-state index in [2.05, 4.69) is 49.3 Å². The van der Waals surface area contributed by atoms with Crippen LogP contribution in [0.5, 0.6) is 0 Å². The van der Waals surface area contributed by atoms with E-state index < -0.39 is 0 Å². The lowest BCUT2D eigenvalue weighted by Crippen LogP contribution is -2.47. The SMILES string of the molecule is Cc1ncsc1C1C=CC(C(CC(C)C)NC(=O)C2CCCN2C=O)=CC1. The summed E-state index contributed by atoms with van der Waals surface area (Å²) in [6.07, 6.45) is 10.9. The van der Waals surface area contributed by atoms with Crippen molar-refractivity contribution in [3.05, 3.63) is 39.9 Å². The van der Waals surface area contributed by atoms with E-state index in [0.717, 1.165) is 37.8 Å². The molecule has 0 saturated carbocycles. The van der Waals surface area contributed by atoms with Crippen molar-refractivity contribution in [2.45, 2.75) is 64.5 Å². The maximum absolute atomic E-state index is 12.8. The molecule has 1 aliphatic carbocycles. The molecule has 5 nitrogen and oxygen atoms in total. The van der Waals surface area contributed by atoms with Crippen LogP contribution in [0.2, 0.25) is 0 Å². The number of hydrogen-bond donors (Lipinski definition) is 1. The summed E-state index contributed by atoms with van der Waals surface area (Å²) in [5.74, 6) is 0.814. The van der Waals surface area contributed by atoms with Crippen LogP contribution in [-0.2, 0) is 9.59 Å². The summed E-state index contributed by atoms with van der Waals surface area (Å²) in [5, 5.41) is 3.22. The standard InChI is InChI=1S/C21H29N3O2S/c1-14(2)11-18(23-21(26)19-5-4-10-24(19)13-25)16-6-8-17(9-7-16)20-15(3)22-12-27-20/h6-8,12-14,17-19H,4-5,9-11H2,1-3H3,(H,23,26). The number of hydrogen-bond acceptors (Lipinski definition) is 4. The molecule has 1 aromatic heterocycles. The molecule has 3 rings (SSSR count). The highest BCUT2D eigenvalue weighted by molar-refractivity contribution is 7.09. The number of amides is 2. The summed E-state index contributed by atoms with van der Waals surface area (Å²) in [6.45, 7) is 7.07. The van der Waals surface area contributed by atoms with Crippen molar-refractivity contribution in [1.29, 1.82) is 0 Å². The number of thiazole rings is 1. The van der Waals surface area contributed by atoms with Crippen LogP contribution in [0.3, 0.4) is 0 Å². The summed E-state index contributed by atoms with van der Waals surface area (Å²) in [7, 11) is 0. The molecule has 1 N–H and O–H groups in total. The quantitative estimate of drug-likeness (QED) is 0.728. The number of carbonyl (C=O) groups excluding carboxylic acids is 2. The fourth-order valence-electron chi connectivity index (χ4n) is 3.97. The molecule has 1 aromatic rings. The van der Waals surface area contributed by atoms with E-state index >= 15 is 0 Å². The molecule has 2 amide bonds. The molecule has 146 valence electrons. The fourth-order valence-corrected chi connectivity index (χ4v) is 4.87. The van der Waals surface area contributed by atoms with Gasteiger partial charge in [0.25, 0.3) is 0 Å². The van der Waals surface area contributed by atoms with E-state index in [0.29, 0.717) is 18.4 Å². The van der Waals surface area contributed by atoms with Gasteiger partial charge in [0.1, 0.15) is 6.04 Å². The molecule has 27 heavy (non-hydrogen) atoms. The zero-order chi connectivity index (χ0) is 19.4. The van der Waals surface area contributed by atoms with Crippen LogP contribution >= 0.6 is 11.3 Å². The molecule has 3 unspecified atom stereocenters. The Balaban J connectivity index is 1.69. The molecule has 2 aliphatic rings. The lowest BCUT2D eigenvalue weighted by molar-refractivity contribution is -0.131. The normalized spacial score (nSPS) is 23.4. The maximum atomic E-state index is 12.8. The molecule has 0 aromatic carbocycles. The van der Waals surface area contributed by atoms with Crippen LogP contribution < -0.4 is 5.32 Å². The Bertz CT molecular complexity index is 738. The molecular formula is C21H29N3O2S. The molecule has 6 heteroatoms. The average Bonchev–Trinajstić information content (AvgIpc) is 3.29. The minimum absolute atomic E-state index is 0.00800. The molecule has 1 aliphatic heterocycles. The first kappa shape index (κ1) is 19.8. The van der Waals surface area contributed by atoms with Crippen molar-refractivity contribution in [3.8, 4) is 0 Å². The molecule has 1 saturated heterocycles. The number of carbonyl (C=O) groups is 2. The van der Waals surface area contributed by atoms with E-state index in [-0.39, 0.29) is 18.0 Å². The van der Waals surface area contributed by atoms with Crippen molar-refractivity contribution in [3.63, 3.8) is 0 Å². The largest absolute Gasteiger partial charge is 0.348 e. The van der Waals surface area contributed by atoms with Gasteiger partial charge in [-0.2, -0.15) is 0 Å². The second-order valence-electron chi connectivity index (χ2n) is 7.90. The van der Waals surface area contributed by atoms with Crippen LogP contribution in [0.1, 0.15) is 56.0 Å². The Labute approximate surface area is 165 Å². The van der Waals surface area contributed by atoms with Gasteiger partial charge in [-0.1, -0.05) is 32.1 Å². The van der Waals surface area contributed by atoms with Gasteiger partial charge in [0.15, 0.2) is 0 Å². The first-order valence-corrected chi connectivity index (χ1v) is 10.7. The second kappa shape index (κ2) is 8.83. The summed E-state index contributed by atoms with van der Waals surface area (Å²) >= 11 is 1.71. The Kier molecular flexibility index (Phi) is 6.47. The van der Waals surface area contributed by atoms with Crippen LogP contribution in [-0.4, -0.2) is 40.8 Å². The first-order valence-electron chi connectivity index (χ1n) is 9.79. The number of aromatic nitrogens is 1. The van der Waals surface area contributed by atoms with Crippen molar-refractivity contribution in [1.82, 2.24) is 15.2 Å². The minimum Gasteiger partial charge on any atom is -0.348 e. The van der Waals surface area contributed by atoms with Crippen LogP contribution in [0.15, 0.2) is 29.3 Å². The summed E-state index contributed by atoms with van der Waals surface area (Å²) < 4.78 is 0. The van der Waals surface area contributed by atoms with Gasteiger partial charge in [-0.15, -0.1) is 11.3 Å². The third-order valence-corrected chi connectivity index (χ3v) is 6.47. The number of nitrogens with one attached hydrogen (secondary N) is 1. The lowest BCUT2D eigenvalue weighted by atomic mass is 9.88. The van der Waals surface area contributed by atoms with Gasteiger partial charge >= 0.3 is 0 Å². The molecule has 0 bridgehead atoms. The number of aryl methyl sites for hydroxylation is 1. The topological polar surface area (TPSA) is 62.3 Å². The molecule has 3 atom stereocenters. The summed E-state index contributed by atoms with van der Waals surface area (Å²) in [4.78, 5) is 31.3. The van der Waals surface area contributed by atoms with Crippen molar-refractivity contribution in [2.24, 2.45) is 5.92 Å². The number of nitrogens with zero attached hydrogens (tertiary/aromatic N) is 2. The van der Waals surface area contributed by atoms with Gasteiger partial charge in [-0.05, 0) is 44.1 Å². The summed E-state index contributed by atoms with van der Waals surface area (Å²) in [6, 6.07) is -0.329. The predicted molar refractivity (Wildman–Crippen MR) is 109 cm³/mol. The Morgan fingerprint density at radius 3 is 2.89 bits per heavy atom. The van der Waals surface area contributed by atoms with E-state index in [9.17, 15) is 9.59 Å². The third-order valence-electron chi connectivity index (χ3n) is 5.41. The van der Waals surface area contributed by atoms with Crippen LogP contribution in [0.25, 0.3) is 0 Å². The monoisotopic (exact) mass is 387 g/mol. The van der Waals surface area contributed by atoms with Crippen molar-refractivity contribution < 1.29 is 9.59 Å². The smallest absolute Gasteiger partial charge is 0.243 e. The second-order valence-corrected chi connectivity index (χ2v) is 8.79. The highest BCUT2D eigenvalue weighted by atomic mass is 32.1. The van der Waals surface area contributed by atoms with Gasteiger partial charge in [-0.3, -0.25) is 9.59 Å². The molecular weight excluding hydrogens is 358 g/mol. The van der Waals surface area contributed by atoms with Crippen LogP contribution in [0.4, 0.5) is 0 Å². The average molecular weight is 388 g/mol. The van der Waals surface area contributed by atoms with E-state index in [1.165, 1.54) is 10.5 Å². The molecule has 0 spiro atoms. The Morgan fingerprint density at radius 1 is 1.48 bits per heavy atom. The fraction of sp³-hybridized carbons (Fsp3) is 0.571. The zero-order valence-electron chi connectivity index (χ0n) is 16.4. The highest BCUT2D eigenvalue weighted by Crippen LogP contribution is 2.33. The minimum atomic E-state index is -0.321. The number of allylic oxidation sites excluding steroid dienone is 2. The zero-order valence-corrected chi connectivity index (χ0v) is 17.2. The molecule has 0 radical (unpaired) electrons. The van der Waals surface area contributed by atoms with Gasteiger partial charge in [-0.25, -0.2) is 4.98 Å². The number of rotatable bonds is 7. The molecule has 1 fully saturated rings. The van der Waals surface area contributed by atoms with E-state index in [1.54, 1.807) is 16.2 Å². The highest BCUT2D eigenvalue weighted by Gasteiger charge is 2.31. The van der Waals surface area contributed by atoms with Crippen molar-refractivity contribution >= 4 is 23.7 Å². The third kappa shape index (κ3) is 4.67. The Hall–Kier alpha value is -1.95. The van der Waals surface area contributed by atoms with E-state index in [4.69, 9.17) is 0 Å².